The average Bonchev–Trinajstić information content (AvgIpc) is 1.98. The summed E-state index contributed by atoms with van der Waals surface area (Å²) in [6, 6.07) is 0. The Balaban J connectivity index is 3.71. The topological polar surface area (TPSA) is 89.3 Å². The minimum atomic E-state index is -4.31. The summed E-state index contributed by atoms with van der Waals surface area (Å²) in [6.45, 7) is 2.10. The predicted molar refractivity (Wildman–Crippen MR) is 43.4 cm³/mol. The molecule has 0 aliphatic heterocycles. The van der Waals surface area contributed by atoms with Gasteiger partial charge in [-0.2, -0.15) is 4.72 Å². The average molecular weight is 196 g/mol. The van der Waals surface area contributed by atoms with Crippen LogP contribution in [0.25, 0.3) is 0 Å². The SMILES string of the molecule is CCCCCNS(=O)(=O)[N+](=O)[O-]. The second kappa shape index (κ2) is 5.04. The second-order valence-corrected chi connectivity index (χ2v) is 3.84. The van der Waals surface area contributed by atoms with Crippen molar-refractivity contribution in [1.29, 1.82) is 0 Å². The van der Waals surface area contributed by atoms with Crippen LogP contribution in [0.15, 0.2) is 0 Å². The van der Waals surface area contributed by atoms with Gasteiger partial charge in [-0.3, -0.25) is 0 Å². The third-order valence-corrected chi connectivity index (χ3v) is 2.22. The monoisotopic (exact) mass is 196 g/mol. The van der Waals surface area contributed by atoms with Crippen LogP contribution in [0.5, 0.6) is 0 Å². The standard InChI is InChI=1S/C5H12N2O4S/c1-2-3-4-5-6-12(10,11)7(8)9/h6H,2-5H2,1H3. The number of unbranched alkanes of at least 4 members (excludes halogenated alkanes) is 2. The Morgan fingerprint density at radius 3 is 2.42 bits per heavy atom. The molecule has 0 atom stereocenters. The fraction of sp³-hybridized carbons (Fsp3) is 1.00. The van der Waals surface area contributed by atoms with Crippen LogP contribution in [-0.4, -0.2) is 19.3 Å². The second-order valence-electron chi connectivity index (χ2n) is 2.30. The largest absolute Gasteiger partial charge is 0.495 e. The molecule has 0 saturated carbocycles. The molecule has 0 heterocycles. The lowest BCUT2D eigenvalue weighted by Crippen LogP contribution is -2.30. The van der Waals surface area contributed by atoms with Gasteiger partial charge in [0.25, 0.3) is 0 Å². The highest BCUT2D eigenvalue weighted by Gasteiger charge is 2.21. The summed E-state index contributed by atoms with van der Waals surface area (Å²) >= 11 is 0. The molecular formula is C5H12N2O4S. The highest BCUT2D eigenvalue weighted by molar-refractivity contribution is 7.83. The van der Waals surface area contributed by atoms with Crippen molar-refractivity contribution in [3.8, 4) is 0 Å². The first-order valence-electron chi connectivity index (χ1n) is 3.65. The van der Waals surface area contributed by atoms with Crippen LogP contribution in [0, 0.1) is 10.1 Å². The zero-order valence-corrected chi connectivity index (χ0v) is 7.63. The minimum Gasteiger partial charge on any atom is -0.246 e. The molecule has 0 spiro atoms. The summed E-state index contributed by atoms with van der Waals surface area (Å²) in [6.07, 6.45) is 2.43. The minimum absolute atomic E-state index is 0.136. The van der Waals surface area contributed by atoms with Crippen molar-refractivity contribution in [3.63, 3.8) is 0 Å². The normalized spacial score (nSPS) is 11.4. The summed E-state index contributed by atoms with van der Waals surface area (Å²) < 4.78 is 21.5. The number of nitro groups is 1. The fourth-order valence-electron chi connectivity index (χ4n) is 0.629. The van der Waals surface area contributed by atoms with E-state index in [9.17, 15) is 18.5 Å². The van der Waals surface area contributed by atoms with Gasteiger partial charge in [0.05, 0.1) is 0 Å². The van der Waals surface area contributed by atoms with Crippen molar-refractivity contribution in [2.75, 3.05) is 6.54 Å². The molecule has 0 aromatic carbocycles. The van der Waals surface area contributed by atoms with E-state index in [2.05, 4.69) is 0 Å². The molecule has 0 rings (SSSR count). The number of rotatable bonds is 6. The highest BCUT2D eigenvalue weighted by atomic mass is 32.2. The summed E-state index contributed by atoms with van der Waals surface area (Å²) in [5.41, 5.74) is 0. The molecular weight excluding hydrogens is 184 g/mol. The van der Waals surface area contributed by atoms with E-state index in [1.54, 1.807) is 0 Å². The zero-order chi connectivity index (χ0) is 9.61. The van der Waals surface area contributed by atoms with Gasteiger partial charge < -0.3 is 0 Å². The van der Waals surface area contributed by atoms with Crippen molar-refractivity contribution < 1.29 is 12.7 Å². The van der Waals surface area contributed by atoms with E-state index in [1.807, 2.05) is 11.6 Å². The summed E-state index contributed by atoms with van der Waals surface area (Å²) in [7, 11) is -4.31. The first-order valence-corrected chi connectivity index (χ1v) is 5.09. The summed E-state index contributed by atoms with van der Waals surface area (Å²) in [4.78, 5) is 9.84. The molecule has 1 N–H and O–H groups in total. The number of hydrogen-bond donors (Lipinski definition) is 1. The van der Waals surface area contributed by atoms with Gasteiger partial charge in [-0.25, -0.2) is 10.1 Å². The van der Waals surface area contributed by atoms with Gasteiger partial charge in [0.2, 0.25) is 0 Å². The van der Waals surface area contributed by atoms with E-state index in [1.165, 1.54) is 0 Å². The molecule has 0 unspecified atom stereocenters. The Bertz CT molecular complexity index is 236. The first-order chi connectivity index (χ1) is 5.50. The third kappa shape index (κ3) is 4.24. The van der Waals surface area contributed by atoms with E-state index in [0.717, 1.165) is 12.8 Å². The van der Waals surface area contributed by atoms with Gasteiger partial charge in [0.1, 0.15) is 0 Å². The molecule has 7 heteroatoms. The van der Waals surface area contributed by atoms with Crippen LogP contribution in [0.2, 0.25) is 0 Å². The van der Waals surface area contributed by atoms with Crippen LogP contribution in [0.4, 0.5) is 0 Å². The fourth-order valence-corrected chi connectivity index (χ4v) is 1.14. The number of hydrogen-bond acceptors (Lipinski definition) is 4. The van der Waals surface area contributed by atoms with Gasteiger partial charge in [0, 0.05) is 6.54 Å². The van der Waals surface area contributed by atoms with E-state index in [4.69, 9.17) is 0 Å². The van der Waals surface area contributed by atoms with Gasteiger partial charge in [0.15, 0.2) is 4.33 Å². The summed E-state index contributed by atoms with van der Waals surface area (Å²) in [5, 5.41) is 9.84. The zero-order valence-electron chi connectivity index (χ0n) is 6.82. The Labute approximate surface area is 71.3 Å². The Morgan fingerprint density at radius 1 is 1.42 bits per heavy atom. The molecule has 0 aromatic rings. The smallest absolute Gasteiger partial charge is 0.246 e. The van der Waals surface area contributed by atoms with Crippen molar-refractivity contribution in [2.45, 2.75) is 26.2 Å². The Hall–Kier alpha value is -0.690. The van der Waals surface area contributed by atoms with Crippen molar-refractivity contribution in [2.24, 2.45) is 0 Å². The lowest BCUT2D eigenvalue weighted by atomic mass is 10.3. The molecule has 0 bridgehead atoms. The highest BCUT2D eigenvalue weighted by Crippen LogP contribution is 1.92. The lowest BCUT2D eigenvalue weighted by molar-refractivity contribution is -0.307. The Morgan fingerprint density at radius 2 is 2.00 bits per heavy atom. The molecule has 0 amide bonds. The van der Waals surface area contributed by atoms with E-state index < -0.39 is 14.5 Å². The van der Waals surface area contributed by atoms with Gasteiger partial charge >= 0.3 is 10.2 Å². The number of nitrogens with one attached hydrogen (secondary N) is 1. The Kier molecular flexibility index (Phi) is 4.75. The molecule has 0 aliphatic carbocycles. The molecule has 0 radical (unpaired) electrons. The number of nitrogens with zero attached hydrogens (tertiary/aromatic N) is 1. The van der Waals surface area contributed by atoms with E-state index in [0.29, 0.717) is 6.42 Å². The van der Waals surface area contributed by atoms with Crippen LogP contribution >= 0.6 is 0 Å². The van der Waals surface area contributed by atoms with Gasteiger partial charge in [-0.05, 0) is 6.42 Å². The third-order valence-electron chi connectivity index (χ3n) is 1.26. The molecule has 0 saturated heterocycles. The maximum absolute atomic E-state index is 10.5. The molecule has 12 heavy (non-hydrogen) atoms. The maximum Gasteiger partial charge on any atom is 0.495 e. The molecule has 72 valence electrons. The van der Waals surface area contributed by atoms with Crippen molar-refractivity contribution in [1.82, 2.24) is 4.72 Å². The molecule has 0 aromatic heterocycles. The van der Waals surface area contributed by atoms with Crippen LogP contribution in [-0.2, 0) is 10.2 Å². The van der Waals surface area contributed by atoms with Crippen LogP contribution in [0.1, 0.15) is 26.2 Å². The lowest BCUT2D eigenvalue weighted by Gasteiger charge is -1.97. The van der Waals surface area contributed by atoms with E-state index in [-0.39, 0.29) is 6.54 Å². The molecule has 0 fully saturated rings. The van der Waals surface area contributed by atoms with E-state index >= 15 is 0 Å². The van der Waals surface area contributed by atoms with Gasteiger partial charge in [-0.15, -0.1) is 8.42 Å². The quantitative estimate of drug-likeness (QED) is 0.375. The van der Waals surface area contributed by atoms with Crippen molar-refractivity contribution >= 4 is 10.2 Å². The van der Waals surface area contributed by atoms with Crippen LogP contribution < -0.4 is 4.72 Å². The molecule has 6 nitrogen and oxygen atoms in total. The van der Waals surface area contributed by atoms with Crippen molar-refractivity contribution in [3.05, 3.63) is 10.1 Å². The van der Waals surface area contributed by atoms with Gasteiger partial charge in [-0.1, -0.05) is 19.8 Å². The summed E-state index contributed by atoms with van der Waals surface area (Å²) in [5.74, 6) is 0. The maximum atomic E-state index is 10.5. The first kappa shape index (κ1) is 11.3. The van der Waals surface area contributed by atoms with Crippen LogP contribution in [0.3, 0.4) is 0 Å². The predicted octanol–water partition coefficient (Wildman–Crippen LogP) is 0.288. The molecule has 0 aliphatic rings.